The van der Waals surface area contributed by atoms with Crippen molar-refractivity contribution in [3.05, 3.63) is 35.9 Å². The molecule has 2 saturated carbocycles. The zero-order valence-electron chi connectivity index (χ0n) is 10.8. The van der Waals surface area contributed by atoms with Crippen molar-refractivity contribution in [3.63, 3.8) is 0 Å². The molecule has 3 rings (SSSR count). The van der Waals surface area contributed by atoms with Crippen molar-refractivity contribution >= 4 is 0 Å². The molecule has 0 heterocycles. The average molecular weight is 230 g/mol. The Labute approximate surface area is 104 Å². The lowest BCUT2D eigenvalue weighted by Crippen LogP contribution is -2.42. The predicted molar refractivity (Wildman–Crippen MR) is 69.9 cm³/mol. The Kier molecular flexibility index (Phi) is 2.38. The van der Waals surface area contributed by atoms with Gasteiger partial charge in [0.15, 0.2) is 0 Å². The van der Waals surface area contributed by atoms with Gasteiger partial charge in [-0.25, -0.2) is 0 Å². The Morgan fingerprint density at radius 2 is 1.82 bits per heavy atom. The van der Waals surface area contributed by atoms with E-state index in [0.717, 1.165) is 6.42 Å². The topological polar surface area (TPSA) is 20.2 Å². The molecule has 92 valence electrons. The lowest BCUT2D eigenvalue weighted by molar-refractivity contribution is -0.0633. The van der Waals surface area contributed by atoms with Crippen molar-refractivity contribution in [2.75, 3.05) is 0 Å². The standard InChI is InChI=1S/C16H22O/c1-15(2)9-6-10-16(15,17)14-11-13(14)12-7-4-3-5-8-12/h3-5,7-8,13-14,17H,6,9-11H2,1-2H3. The van der Waals surface area contributed by atoms with E-state index in [1.807, 2.05) is 0 Å². The molecule has 0 saturated heterocycles. The van der Waals surface area contributed by atoms with E-state index >= 15 is 0 Å². The zero-order valence-corrected chi connectivity index (χ0v) is 10.8. The van der Waals surface area contributed by atoms with E-state index in [2.05, 4.69) is 44.2 Å². The van der Waals surface area contributed by atoms with Crippen LogP contribution in [0.2, 0.25) is 0 Å². The second-order valence-corrected chi connectivity index (χ2v) is 6.52. The number of hydrogen-bond acceptors (Lipinski definition) is 1. The summed E-state index contributed by atoms with van der Waals surface area (Å²) in [5.74, 6) is 1.08. The molecule has 1 N–H and O–H groups in total. The molecule has 0 amide bonds. The van der Waals surface area contributed by atoms with Crippen molar-refractivity contribution in [2.24, 2.45) is 11.3 Å². The summed E-state index contributed by atoms with van der Waals surface area (Å²) in [4.78, 5) is 0. The van der Waals surface area contributed by atoms with Crippen LogP contribution in [0.1, 0.15) is 51.0 Å². The highest BCUT2D eigenvalue weighted by molar-refractivity contribution is 5.29. The van der Waals surface area contributed by atoms with Crippen LogP contribution in [-0.4, -0.2) is 10.7 Å². The molecule has 3 unspecified atom stereocenters. The average Bonchev–Trinajstić information content (AvgIpc) is 3.05. The van der Waals surface area contributed by atoms with E-state index < -0.39 is 5.60 Å². The molecule has 1 aromatic rings. The van der Waals surface area contributed by atoms with Crippen LogP contribution in [0.5, 0.6) is 0 Å². The Hall–Kier alpha value is -0.820. The highest BCUT2D eigenvalue weighted by atomic mass is 16.3. The van der Waals surface area contributed by atoms with Crippen LogP contribution in [-0.2, 0) is 0 Å². The van der Waals surface area contributed by atoms with E-state index in [-0.39, 0.29) is 5.41 Å². The predicted octanol–water partition coefficient (Wildman–Crippen LogP) is 3.73. The molecule has 0 aliphatic heterocycles. The van der Waals surface area contributed by atoms with Gasteiger partial charge in [-0.2, -0.15) is 0 Å². The highest BCUT2D eigenvalue weighted by Crippen LogP contribution is 2.63. The molecule has 1 nitrogen and oxygen atoms in total. The van der Waals surface area contributed by atoms with Gasteiger partial charge in [0.2, 0.25) is 0 Å². The first-order valence-electron chi connectivity index (χ1n) is 6.82. The first-order chi connectivity index (χ1) is 8.05. The van der Waals surface area contributed by atoms with Gasteiger partial charge >= 0.3 is 0 Å². The minimum Gasteiger partial charge on any atom is -0.389 e. The maximum absolute atomic E-state index is 11.0. The lowest BCUT2D eigenvalue weighted by atomic mass is 9.74. The monoisotopic (exact) mass is 230 g/mol. The molecule has 1 aromatic carbocycles. The van der Waals surface area contributed by atoms with E-state index in [1.165, 1.54) is 24.8 Å². The van der Waals surface area contributed by atoms with Gasteiger partial charge in [-0.15, -0.1) is 0 Å². The summed E-state index contributed by atoms with van der Waals surface area (Å²) >= 11 is 0. The molecule has 0 radical (unpaired) electrons. The van der Waals surface area contributed by atoms with Gasteiger partial charge in [0.25, 0.3) is 0 Å². The molecule has 2 aliphatic rings. The number of hydrogen-bond donors (Lipinski definition) is 1. The van der Waals surface area contributed by atoms with Gasteiger partial charge < -0.3 is 5.11 Å². The van der Waals surface area contributed by atoms with E-state index in [0.29, 0.717) is 11.8 Å². The van der Waals surface area contributed by atoms with Gasteiger partial charge in [-0.1, -0.05) is 44.2 Å². The molecule has 3 atom stereocenters. The van der Waals surface area contributed by atoms with Crippen molar-refractivity contribution < 1.29 is 5.11 Å². The highest BCUT2D eigenvalue weighted by Gasteiger charge is 2.60. The Balaban J connectivity index is 1.81. The van der Waals surface area contributed by atoms with E-state index in [9.17, 15) is 5.11 Å². The molecular formula is C16H22O. The molecule has 17 heavy (non-hydrogen) atoms. The van der Waals surface area contributed by atoms with Crippen LogP contribution >= 0.6 is 0 Å². The summed E-state index contributed by atoms with van der Waals surface area (Å²) in [6.45, 7) is 4.47. The number of benzene rings is 1. The summed E-state index contributed by atoms with van der Waals surface area (Å²) < 4.78 is 0. The van der Waals surface area contributed by atoms with Crippen LogP contribution in [0.15, 0.2) is 30.3 Å². The normalized spacial score (nSPS) is 39.2. The zero-order chi connectivity index (χ0) is 12.1. The molecule has 1 heteroatoms. The summed E-state index contributed by atoms with van der Waals surface area (Å²) in [6, 6.07) is 10.7. The minimum atomic E-state index is -0.423. The fourth-order valence-electron chi connectivity index (χ4n) is 3.83. The van der Waals surface area contributed by atoms with Gasteiger partial charge in [-0.05, 0) is 48.5 Å². The van der Waals surface area contributed by atoms with Gasteiger partial charge in [0.05, 0.1) is 5.60 Å². The number of rotatable bonds is 2. The van der Waals surface area contributed by atoms with E-state index in [1.54, 1.807) is 0 Å². The molecule has 0 aromatic heterocycles. The van der Waals surface area contributed by atoms with Crippen molar-refractivity contribution in [3.8, 4) is 0 Å². The smallest absolute Gasteiger partial charge is 0.0732 e. The quantitative estimate of drug-likeness (QED) is 0.820. The fourth-order valence-corrected chi connectivity index (χ4v) is 3.83. The fraction of sp³-hybridized carbons (Fsp3) is 0.625. The van der Waals surface area contributed by atoms with Crippen LogP contribution < -0.4 is 0 Å². The minimum absolute atomic E-state index is 0.0984. The molecule has 0 bridgehead atoms. The molecule has 2 fully saturated rings. The third-order valence-corrected chi connectivity index (χ3v) is 5.16. The number of aliphatic hydroxyl groups is 1. The van der Waals surface area contributed by atoms with E-state index in [4.69, 9.17) is 0 Å². The second-order valence-electron chi connectivity index (χ2n) is 6.52. The van der Waals surface area contributed by atoms with Gasteiger partial charge in [0, 0.05) is 0 Å². The Morgan fingerprint density at radius 3 is 2.41 bits per heavy atom. The van der Waals surface area contributed by atoms with Gasteiger partial charge in [-0.3, -0.25) is 0 Å². The van der Waals surface area contributed by atoms with Crippen molar-refractivity contribution in [1.29, 1.82) is 0 Å². The summed E-state index contributed by atoms with van der Waals surface area (Å²) in [5.41, 5.74) is 1.09. The van der Waals surface area contributed by atoms with Crippen molar-refractivity contribution in [1.82, 2.24) is 0 Å². The van der Waals surface area contributed by atoms with Gasteiger partial charge in [0.1, 0.15) is 0 Å². The SMILES string of the molecule is CC1(C)CCCC1(O)C1CC1c1ccccc1. The summed E-state index contributed by atoms with van der Waals surface area (Å²) in [5, 5.41) is 11.0. The van der Waals surface area contributed by atoms with Crippen LogP contribution in [0, 0.1) is 11.3 Å². The third kappa shape index (κ3) is 1.63. The largest absolute Gasteiger partial charge is 0.389 e. The second kappa shape index (κ2) is 3.58. The lowest BCUT2D eigenvalue weighted by Gasteiger charge is -2.37. The third-order valence-electron chi connectivity index (χ3n) is 5.16. The first kappa shape index (κ1) is 11.3. The molecular weight excluding hydrogens is 208 g/mol. The van der Waals surface area contributed by atoms with Crippen LogP contribution in [0.25, 0.3) is 0 Å². The molecule has 0 spiro atoms. The Bertz CT molecular complexity index is 409. The first-order valence-corrected chi connectivity index (χ1v) is 6.82. The maximum Gasteiger partial charge on any atom is 0.0732 e. The summed E-state index contributed by atoms with van der Waals surface area (Å²) in [7, 11) is 0. The Morgan fingerprint density at radius 1 is 1.12 bits per heavy atom. The summed E-state index contributed by atoms with van der Waals surface area (Å²) in [6.07, 6.45) is 4.51. The maximum atomic E-state index is 11.0. The van der Waals surface area contributed by atoms with Crippen LogP contribution in [0.4, 0.5) is 0 Å². The van der Waals surface area contributed by atoms with Crippen molar-refractivity contribution in [2.45, 2.75) is 51.0 Å². The van der Waals surface area contributed by atoms with Crippen LogP contribution in [0.3, 0.4) is 0 Å². The molecule has 2 aliphatic carbocycles.